The maximum absolute atomic E-state index is 12.1. The number of nitrogens with zero attached hydrogens (tertiary/aromatic N) is 2. The van der Waals surface area contributed by atoms with Crippen LogP contribution >= 0.6 is 11.8 Å². The van der Waals surface area contributed by atoms with Gasteiger partial charge in [0.05, 0.1) is 5.56 Å². The summed E-state index contributed by atoms with van der Waals surface area (Å²) in [6, 6.07) is 6.21. The van der Waals surface area contributed by atoms with E-state index in [9.17, 15) is 19.7 Å². The molecule has 1 aromatic carbocycles. The molecule has 1 aromatic rings. The van der Waals surface area contributed by atoms with Crippen molar-refractivity contribution in [2.75, 3.05) is 6.54 Å². The van der Waals surface area contributed by atoms with Crippen LogP contribution in [-0.2, 0) is 4.79 Å². The third-order valence-electron chi connectivity index (χ3n) is 2.48. The molecule has 0 fully saturated rings. The molecule has 2 rings (SSSR count). The van der Waals surface area contributed by atoms with E-state index < -0.39 is 22.2 Å². The van der Waals surface area contributed by atoms with Crippen LogP contribution in [0, 0.1) is 10.1 Å². The Kier molecular flexibility index (Phi) is 4.53. The maximum atomic E-state index is 12.1. The van der Waals surface area contributed by atoms with Gasteiger partial charge in [0.2, 0.25) is 0 Å². The molecule has 0 bridgehead atoms. The molecule has 1 aliphatic heterocycles. The van der Waals surface area contributed by atoms with Crippen molar-refractivity contribution in [2.24, 2.45) is 4.99 Å². The van der Waals surface area contributed by atoms with Crippen LogP contribution < -0.4 is 10.1 Å². The van der Waals surface area contributed by atoms with Gasteiger partial charge in [-0.25, -0.2) is 0 Å². The number of carbonyl (C=O) groups is 2. The molecule has 1 amide bonds. The van der Waals surface area contributed by atoms with Gasteiger partial charge in [-0.15, -0.1) is 0 Å². The van der Waals surface area contributed by atoms with Crippen LogP contribution in [0.3, 0.4) is 0 Å². The van der Waals surface area contributed by atoms with Crippen LogP contribution in [0.15, 0.2) is 29.3 Å². The number of esters is 1. The third kappa shape index (κ3) is 3.78. The number of thioether (sulfide) groups is 1. The number of nitro groups is 1. The Morgan fingerprint density at radius 1 is 1.48 bits per heavy atom. The van der Waals surface area contributed by atoms with Crippen molar-refractivity contribution in [2.45, 2.75) is 12.3 Å². The number of hydrogen-bond donors (Lipinski definition) is 1. The summed E-state index contributed by atoms with van der Waals surface area (Å²) >= 11 is 0.873. The molecule has 8 nitrogen and oxygen atoms in total. The fraction of sp³-hybridized carbons (Fsp3) is 0.250. The number of amides is 1. The molecule has 1 atom stereocenters. The molecule has 9 heteroatoms. The lowest BCUT2D eigenvalue weighted by Crippen LogP contribution is -2.28. The minimum absolute atomic E-state index is 0.0128. The molecule has 21 heavy (non-hydrogen) atoms. The van der Waals surface area contributed by atoms with E-state index in [-0.39, 0.29) is 23.0 Å². The molecule has 1 N–H and O–H groups in total. The van der Waals surface area contributed by atoms with E-state index in [1.165, 1.54) is 19.1 Å². The number of carbonyl (C=O) groups excluding carboxylic acids is 2. The minimum Gasteiger partial charge on any atom is -0.426 e. The number of benzene rings is 1. The van der Waals surface area contributed by atoms with Gasteiger partial charge in [0.25, 0.3) is 11.3 Å². The monoisotopic (exact) mass is 309 g/mol. The highest BCUT2D eigenvalue weighted by molar-refractivity contribution is 8.14. The van der Waals surface area contributed by atoms with Crippen LogP contribution in [0.2, 0.25) is 0 Å². The Morgan fingerprint density at radius 3 is 2.81 bits per heavy atom. The molecule has 0 radical (unpaired) electrons. The Bertz CT molecular complexity index is 631. The first-order chi connectivity index (χ1) is 9.97. The standard InChI is InChI=1S/C12H11N3O5S/c1-7(16)20-9-5-3-2-4-8(9)11(17)14-12-13-6-10(21-12)15(18)19/h2-5,10H,6H2,1H3,(H,13,14,17). The topological polar surface area (TPSA) is 111 Å². The Balaban J connectivity index is 2.08. The fourth-order valence-corrected chi connectivity index (χ4v) is 2.40. The lowest BCUT2D eigenvalue weighted by molar-refractivity contribution is -0.491. The summed E-state index contributed by atoms with van der Waals surface area (Å²) in [5, 5.41) is 12.4. The van der Waals surface area contributed by atoms with Crippen molar-refractivity contribution < 1.29 is 19.2 Å². The van der Waals surface area contributed by atoms with E-state index in [4.69, 9.17) is 4.74 Å². The first kappa shape index (κ1) is 15.0. The fourth-order valence-electron chi connectivity index (χ4n) is 1.61. The Labute approximate surface area is 123 Å². The van der Waals surface area contributed by atoms with Crippen LogP contribution in [0.5, 0.6) is 5.75 Å². The van der Waals surface area contributed by atoms with Crippen LogP contribution in [0.4, 0.5) is 0 Å². The van der Waals surface area contributed by atoms with E-state index >= 15 is 0 Å². The van der Waals surface area contributed by atoms with E-state index in [0.29, 0.717) is 0 Å². The summed E-state index contributed by atoms with van der Waals surface area (Å²) in [6.07, 6.45) is 0. The SMILES string of the molecule is CC(=O)Oc1ccccc1C(=O)NC1=NCC([N+](=O)[O-])S1. The molecular formula is C12H11N3O5S. The van der Waals surface area contributed by atoms with Crippen molar-refractivity contribution in [3.63, 3.8) is 0 Å². The number of ether oxygens (including phenoxy) is 1. The van der Waals surface area contributed by atoms with Gasteiger partial charge in [-0.1, -0.05) is 12.1 Å². The number of amidine groups is 1. The molecule has 1 heterocycles. The highest BCUT2D eigenvalue weighted by Gasteiger charge is 2.30. The van der Waals surface area contributed by atoms with E-state index in [1.54, 1.807) is 12.1 Å². The van der Waals surface area contributed by atoms with Crippen LogP contribution in [-0.4, -0.2) is 33.9 Å². The molecule has 110 valence electrons. The van der Waals surface area contributed by atoms with Gasteiger partial charge >= 0.3 is 5.97 Å². The number of aliphatic imine (C=N–C) groups is 1. The van der Waals surface area contributed by atoms with Gasteiger partial charge < -0.3 is 10.1 Å². The minimum atomic E-state index is -0.885. The third-order valence-corrected chi connectivity index (χ3v) is 3.53. The normalized spacial score (nSPS) is 17.0. The zero-order valence-corrected chi connectivity index (χ0v) is 11.8. The molecule has 0 spiro atoms. The second-order valence-corrected chi connectivity index (χ2v) is 5.21. The predicted molar refractivity (Wildman–Crippen MR) is 75.9 cm³/mol. The van der Waals surface area contributed by atoms with E-state index in [2.05, 4.69) is 10.3 Å². The van der Waals surface area contributed by atoms with Crippen molar-refractivity contribution in [1.29, 1.82) is 0 Å². The summed E-state index contributed by atoms with van der Waals surface area (Å²) in [4.78, 5) is 37.2. The zero-order valence-electron chi connectivity index (χ0n) is 10.9. The van der Waals surface area contributed by atoms with Crippen molar-refractivity contribution in [3.8, 4) is 5.75 Å². The van der Waals surface area contributed by atoms with E-state index in [0.717, 1.165) is 11.8 Å². The first-order valence-corrected chi connectivity index (χ1v) is 6.78. The second-order valence-electron chi connectivity index (χ2n) is 4.05. The summed E-state index contributed by atoms with van der Waals surface area (Å²) < 4.78 is 4.94. The van der Waals surface area contributed by atoms with Crippen LogP contribution in [0.1, 0.15) is 17.3 Å². The molecular weight excluding hydrogens is 298 g/mol. The van der Waals surface area contributed by atoms with Crippen molar-refractivity contribution >= 4 is 28.8 Å². The van der Waals surface area contributed by atoms with E-state index in [1.807, 2.05) is 0 Å². The Morgan fingerprint density at radius 2 is 2.19 bits per heavy atom. The largest absolute Gasteiger partial charge is 0.426 e. The van der Waals surface area contributed by atoms with Crippen molar-refractivity contribution in [3.05, 3.63) is 39.9 Å². The molecule has 0 aliphatic carbocycles. The molecule has 0 saturated carbocycles. The van der Waals surface area contributed by atoms with Gasteiger partial charge in [-0.3, -0.25) is 24.7 Å². The number of para-hydroxylation sites is 1. The Hall–Kier alpha value is -2.42. The number of nitrogens with one attached hydrogen (secondary N) is 1. The van der Waals surface area contributed by atoms with Gasteiger partial charge in [0.15, 0.2) is 5.17 Å². The van der Waals surface area contributed by atoms with Gasteiger partial charge in [-0.05, 0) is 23.9 Å². The summed E-state index contributed by atoms with van der Waals surface area (Å²) in [5.74, 6) is -0.963. The number of hydrogen-bond acceptors (Lipinski definition) is 7. The summed E-state index contributed by atoms with van der Waals surface area (Å²) in [7, 11) is 0. The van der Waals surface area contributed by atoms with Crippen LogP contribution in [0.25, 0.3) is 0 Å². The molecule has 0 aromatic heterocycles. The second kappa shape index (κ2) is 6.35. The maximum Gasteiger partial charge on any atom is 0.308 e. The molecule has 1 unspecified atom stereocenters. The van der Waals surface area contributed by atoms with Crippen molar-refractivity contribution in [1.82, 2.24) is 5.32 Å². The lowest BCUT2D eigenvalue weighted by Gasteiger charge is -2.08. The van der Waals surface area contributed by atoms with Gasteiger partial charge in [0.1, 0.15) is 12.3 Å². The predicted octanol–water partition coefficient (Wildman–Crippen LogP) is 1.05. The smallest absolute Gasteiger partial charge is 0.308 e. The highest BCUT2D eigenvalue weighted by atomic mass is 32.2. The average molecular weight is 309 g/mol. The van der Waals surface area contributed by atoms with Gasteiger partial charge in [0, 0.05) is 11.8 Å². The summed E-state index contributed by atoms with van der Waals surface area (Å²) in [5.41, 5.74) is 0.153. The number of rotatable bonds is 3. The van der Waals surface area contributed by atoms with Gasteiger partial charge in [-0.2, -0.15) is 0 Å². The zero-order chi connectivity index (χ0) is 15.4. The first-order valence-electron chi connectivity index (χ1n) is 5.91. The summed E-state index contributed by atoms with van der Waals surface area (Å²) in [6.45, 7) is 1.24. The lowest BCUT2D eigenvalue weighted by atomic mass is 10.2. The highest BCUT2D eigenvalue weighted by Crippen LogP contribution is 2.22. The quantitative estimate of drug-likeness (QED) is 0.386. The average Bonchev–Trinajstić information content (AvgIpc) is 2.87. The molecule has 1 aliphatic rings. The molecule has 0 saturated heterocycles.